The minimum atomic E-state index is -4.84. The van der Waals surface area contributed by atoms with Crippen LogP contribution in [0.2, 0.25) is 0 Å². The van der Waals surface area contributed by atoms with Crippen molar-refractivity contribution in [3.63, 3.8) is 0 Å². The van der Waals surface area contributed by atoms with Gasteiger partial charge in [0.1, 0.15) is 0 Å². The molecular weight excluding hydrogens is 495 g/mol. The summed E-state index contributed by atoms with van der Waals surface area (Å²) < 4.78 is 36.9. The van der Waals surface area contributed by atoms with Gasteiger partial charge >= 0.3 is 7.60 Å². The Morgan fingerprint density at radius 1 is 0.844 bits per heavy atom. The molecule has 0 bridgehead atoms. The first-order valence-corrected chi connectivity index (χ1v) is 15.5. The number of hydrogen-bond acceptors (Lipinski definition) is 6. The first kappa shape index (κ1) is 35.0. The maximum Gasteiger partial charge on any atom is 0.375 e. The Morgan fingerprint density at radius 3 is 1.38 bits per heavy atom. The number of hydrogen-bond donors (Lipinski definition) is 0. The Morgan fingerprint density at radius 2 is 1.16 bits per heavy atom. The highest BCUT2D eigenvalue weighted by atomic mass is 35.5. The van der Waals surface area contributed by atoms with E-state index in [9.17, 15) is 14.0 Å². The molecule has 0 saturated heterocycles. The SMILES string of the molecule is CCCC[N+](C)(CCCC)CCCC.COP(=O)([O-])C(Cl)(Cl)P(=O)(OC(C)C)OC(C)C. The van der Waals surface area contributed by atoms with Gasteiger partial charge in [0.25, 0.3) is 3.82 Å². The Labute approximate surface area is 207 Å². The van der Waals surface area contributed by atoms with Gasteiger partial charge in [-0.05, 0) is 47.0 Å². The molecule has 7 nitrogen and oxygen atoms in total. The van der Waals surface area contributed by atoms with Gasteiger partial charge in [0, 0.05) is 7.11 Å². The first-order valence-electron chi connectivity index (χ1n) is 11.6. The molecule has 11 heteroatoms. The van der Waals surface area contributed by atoms with E-state index < -0.39 is 31.2 Å². The van der Waals surface area contributed by atoms with Crippen molar-refractivity contribution in [1.29, 1.82) is 0 Å². The largest absolute Gasteiger partial charge is 0.776 e. The molecule has 0 aliphatic carbocycles. The highest BCUT2D eigenvalue weighted by molar-refractivity contribution is 7.79. The standard InChI is InChI=1S/C13H30N.C8H18Cl2O6P2/c1-5-8-11-14(4,12-9-6-2)13-10-7-3;1-6(2)15-18(13,16-7(3)4)8(9,10)17(11,12)14-5/h5-13H2,1-4H3;6-7H,1-5H3,(H,11,12)/q+1;/p-1. The van der Waals surface area contributed by atoms with Gasteiger partial charge in [0.15, 0.2) is 7.60 Å². The van der Waals surface area contributed by atoms with E-state index in [0.717, 1.165) is 7.11 Å². The third-order valence-electron chi connectivity index (χ3n) is 4.75. The number of halogens is 2. The van der Waals surface area contributed by atoms with Crippen LogP contribution in [0.1, 0.15) is 87.0 Å². The summed E-state index contributed by atoms with van der Waals surface area (Å²) in [6.07, 6.45) is 7.01. The van der Waals surface area contributed by atoms with Gasteiger partial charge in [-0.1, -0.05) is 63.2 Å². The maximum absolute atomic E-state index is 12.5. The van der Waals surface area contributed by atoms with Crippen molar-refractivity contribution in [1.82, 2.24) is 0 Å². The van der Waals surface area contributed by atoms with E-state index in [-0.39, 0.29) is 0 Å². The van der Waals surface area contributed by atoms with E-state index in [2.05, 4.69) is 32.3 Å². The van der Waals surface area contributed by atoms with Gasteiger partial charge < -0.3 is 27.5 Å². The molecule has 0 aliphatic heterocycles. The minimum absolute atomic E-state index is 0.594. The Balaban J connectivity index is 0. The van der Waals surface area contributed by atoms with Gasteiger partial charge in [0.2, 0.25) is 0 Å². The van der Waals surface area contributed by atoms with Gasteiger partial charge in [0.05, 0.1) is 38.9 Å². The molecule has 0 aromatic rings. The summed E-state index contributed by atoms with van der Waals surface area (Å²) in [6.45, 7) is 17.2. The number of quaternary nitrogens is 1. The molecule has 196 valence electrons. The van der Waals surface area contributed by atoms with Gasteiger partial charge in [-0.2, -0.15) is 0 Å². The second kappa shape index (κ2) is 16.5. The van der Waals surface area contributed by atoms with Crippen molar-refractivity contribution in [3.05, 3.63) is 0 Å². The molecule has 0 aliphatic rings. The quantitative estimate of drug-likeness (QED) is 0.117. The highest BCUT2D eigenvalue weighted by Gasteiger charge is 2.58. The van der Waals surface area contributed by atoms with Crippen LogP contribution in [0.15, 0.2) is 0 Å². The van der Waals surface area contributed by atoms with Gasteiger partial charge in [-0.3, -0.25) is 4.57 Å². The zero-order chi connectivity index (χ0) is 25.6. The number of alkyl halides is 2. The van der Waals surface area contributed by atoms with E-state index in [1.807, 2.05) is 0 Å². The topological polar surface area (TPSA) is 84.9 Å². The smallest absolute Gasteiger partial charge is 0.375 e. The Kier molecular flexibility index (Phi) is 18.0. The molecule has 0 aromatic carbocycles. The summed E-state index contributed by atoms with van der Waals surface area (Å²) in [5.41, 5.74) is 0. The lowest BCUT2D eigenvalue weighted by Crippen LogP contribution is -2.46. The van der Waals surface area contributed by atoms with Crippen molar-refractivity contribution >= 4 is 38.4 Å². The van der Waals surface area contributed by atoms with Crippen LogP contribution in [0.4, 0.5) is 0 Å². The summed E-state index contributed by atoms with van der Waals surface area (Å²) >= 11 is 11.4. The van der Waals surface area contributed by atoms with Crippen molar-refractivity contribution < 1.29 is 32.1 Å². The fourth-order valence-corrected chi connectivity index (χ4v) is 7.17. The molecule has 0 aromatic heterocycles. The summed E-state index contributed by atoms with van der Waals surface area (Å²) in [7, 11) is -5.88. The molecule has 0 N–H and O–H groups in total. The predicted octanol–water partition coefficient (Wildman–Crippen LogP) is 7.15. The van der Waals surface area contributed by atoms with Crippen LogP contribution in [0, 0.1) is 0 Å². The summed E-state index contributed by atoms with van der Waals surface area (Å²) in [6, 6.07) is 0. The van der Waals surface area contributed by atoms with Crippen molar-refractivity contribution in [2.75, 3.05) is 33.8 Å². The fraction of sp³-hybridized carbons (Fsp3) is 1.00. The Hall–Kier alpha value is 0.840. The third kappa shape index (κ3) is 12.5. The van der Waals surface area contributed by atoms with Gasteiger partial charge in [-0.25, -0.2) is 0 Å². The first-order chi connectivity index (χ1) is 14.6. The molecule has 0 radical (unpaired) electrons. The van der Waals surface area contributed by atoms with Crippen molar-refractivity contribution in [3.8, 4) is 0 Å². The average Bonchev–Trinajstić information content (AvgIpc) is 2.68. The molecule has 0 fully saturated rings. The monoisotopic (exact) mass is 541 g/mol. The minimum Gasteiger partial charge on any atom is -0.776 e. The van der Waals surface area contributed by atoms with Crippen molar-refractivity contribution in [2.24, 2.45) is 0 Å². The normalized spacial score (nSPS) is 14.9. The lowest BCUT2D eigenvalue weighted by atomic mass is 10.2. The zero-order valence-corrected chi connectivity index (χ0v) is 24.9. The second-order valence-electron chi connectivity index (χ2n) is 8.85. The lowest BCUT2D eigenvalue weighted by molar-refractivity contribution is -0.910. The molecule has 1 unspecified atom stereocenters. The molecule has 1 atom stereocenters. The van der Waals surface area contributed by atoms with Gasteiger partial charge in [-0.15, -0.1) is 0 Å². The summed E-state index contributed by atoms with van der Waals surface area (Å²) in [5, 5.41) is 0. The highest BCUT2D eigenvalue weighted by Crippen LogP contribution is 2.78. The fourth-order valence-electron chi connectivity index (χ4n) is 2.92. The molecule has 0 heterocycles. The van der Waals surface area contributed by atoms with Crippen LogP contribution in [-0.4, -0.2) is 54.3 Å². The zero-order valence-electron chi connectivity index (χ0n) is 21.6. The van der Waals surface area contributed by atoms with E-state index in [1.165, 1.54) is 62.6 Å². The van der Waals surface area contributed by atoms with Crippen LogP contribution in [0.25, 0.3) is 0 Å². The lowest BCUT2D eigenvalue weighted by Gasteiger charge is -2.38. The number of nitrogens with zero attached hydrogens (tertiary/aromatic N) is 1. The van der Waals surface area contributed by atoms with E-state index in [1.54, 1.807) is 27.7 Å². The summed E-state index contributed by atoms with van der Waals surface area (Å²) in [4.78, 5) is 11.6. The van der Waals surface area contributed by atoms with Crippen molar-refractivity contribution in [2.45, 2.75) is 103 Å². The Bertz CT molecular complexity index is 555. The molecule has 0 saturated carbocycles. The molecular formula is C21H47Cl2NO6P2. The number of unbranched alkanes of at least 4 members (excludes halogenated alkanes) is 3. The van der Waals surface area contributed by atoms with E-state index in [4.69, 9.17) is 32.2 Å². The maximum atomic E-state index is 12.5. The molecule has 0 spiro atoms. The van der Waals surface area contributed by atoms with Crippen LogP contribution >= 0.6 is 38.4 Å². The van der Waals surface area contributed by atoms with Crippen LogP contribution in [0.3, 0.4) is 0 Å². The predicted molar refractivity (Wildman–Crippen MR) is 135 cm³/mol. The average molecular weight is 542 g/mol. The molecule has 0 amide bonds. The van der Waals surface area contributed by atoms with Crippen LogP contribution < -0.4 is 4.89 Å². The van der Waals surface area contributed by atoms with E-state index in [0.29, 0.717) is 0 Å². The number of rotatable bonds is 16. The molecule has 32 heavy (non-hydrogen) atoms. The van der Waals surface area contributed by atoms with E-state index >= 15 is 0 Å². The van der Waals surface area contributed by atoms with Crippen LogP contribution in [0.5, 0.6) is 0 Å². The van der Waals surface area contributed by atoms with Crippen LogP contribution in [-0.2, 0) is 22.7 Å². The second-order valence-corrected chi connectivity index (χ2v) is 15.7. The third-order valence-corrected chi connectivity index (χ3v) is 11.9. The molecule has 0 rings (SSSR count). The summed E-state index contributed by atoms with van der Waals surface area (Å²) in [5.74, 6) is 0.